The van der Waals surface area contributed by atoms with E-state index in [1.807, 2.05) is 0 Å². The Morgan fingerprint density at radius 3 is 1.94 bits per heavy atom. The van der Waals surface area contributed by atoms with E-state index in [0.29, 0.717) is 25.0 Å². The van der Waals surface area contributed by atoms with E-state index in [-0.39, 0.29) is 0 Å². The van der Waals surface area contributed by atoms with Gasteiger partial charge in [-0.25, -0.2) is 14.0 Å². The second kappa shape index (κ2) is 18.0. The van der Waals surface area contributed by atoms with Crippen molar-refractivity contribution in [2.45, 2.75) is 102 Å². The van der Waals surface area contributed by atoms with Gasteiger partial charge < -0.3 is 4.74 Å². The van der Waals surface area contributed by atoms with Gasteiger partial charge in [0.15, 0.2) is 0 Å². The fourth-order valence-electron chi connectivity index (χ4n) is 4.97. The van der Waals surface area contributed by atoms with E-state index in [1.54, 1.807) is 0 Å². The van der Waals surface area contributed by atoms with Crippen LogP contribution in [-0.2, 0) is 0 Å². The topological polar surface area (TPSA) is 46.3 Å². The molecule has 0 aromatic heterocycles. The van der Waals surface area contributed by atoms with Crippen LogP contribution >= 0.6 is 36.7 Å². The minimum atomic E-state index is -2.84. The summed E-state index contributed by atoms with van der Waals surface area (Å²) in [6, 6.07) is 9.22. The Bertz CT molecular complexity index is 838. The molecule has 0 aliphatic heterocycles. The lowest BCUT2D eigenvalue weighted by Gasteiger charge is -2.29. The van der Waals surface area contributed by atoms with Crippen molar-refractivity contribution in [1.82, 2.24) is 0 Å². The van der Waals surface area contributed by atoms with E-state index in [2.05, 4.69) is 60.6 Å². The maximum absolute atomic E-state index is 5.94. The van der Waals surface area contributed by atoms with Crippen LogP contribution in [0.2, 0.25) is 6.04 Å². The zero-order valence-electron chi connectivity index (χ0n) is 21.0. The minimum absolute atomic E-state index is 0.532. The molecule has 1 fully saturated rings. The zero-order chi connectivity index (χ0) is 25.2. The van der Waals surface area contributed by atoms with Crippen molar-refractivity contribution < 1.29 is 4.74 Å². The second-order valence-electron chi connectivity index (χ2n) is 9.53. The molecule has 0 amide bonds. The first kappa shape index (κ1) is 29.9. The predicted molar refractivity (Wildman–Crippen MR) is 160 cm³/mol. The summed E-state index contributed by atoms with van der Waals surface area (Å²) < 4.78 is 18.4. The number of rotatable bonds is 17. The SMILES string of the molecule is CCCCCCCCCC1CCC(c2ccc(OCCC[Si](N=C=S)(N=C=S)N=C=S)cc2)CC1. The lowest BCUT2D eigenvalue weighted by Crippen LogP contribution is -2.28. The van der Waals surface area contributed by atoms with Crippen LogP contribution in [0.25, 0.3) is 0 Å². The summed E-state index contributed by atoms with van der Waals surface area (Å²) in [6.07, 6.45) is 17.4. The van der Waals surface area contributed by atoms with E-state index < -0.39 is 8.56 Å². The average Bonchev–Trinajstić information content (AvgIpc) is 2.87. The van der Waals surface area contributed by atoms with Crippen molar-refractivity contribution >= 4 is 60.7 Å². The quantitative estimate of drug-likeness (QED) is 0.0847. The molecule has 0 heterocycles. The molecule has 1 saturated carbocycles. The van der Waals surface area contributed by atoms with Gasteiger partial charge in [0.2, 0.25) is 0 Å². The standard InChI is InChI=1S/C27H39N3OS3Si/c1-2-3-4-5-6-7-8-10-24-11-13-25(14-12-24)26-15-17-27(18-16-26)31-19-9-20-35(28-21-32,29-22-33)30-23-34/h15-18,24-25H,2-14,19-20H2,1H3. The number of isothiocyanates is 3. The monoisotopic (exact) mass is 545 g/mol. The molecule has 2 rings (SSSR count). The van der Waals surface area contributed by atoms with Gasteiger partial charge in [-0.05, 0) is 98.3 Å². The molecule has 35 heavy (non-hydrogen) atoms. The summed E-state index contributed by atoms with van der Waals surface area (Å²) in [5.41, 5.74) is 1.44. The van der Waals surface area contributed by atoms with E-state index in [0.717, 1.165) is 11.7 Å². The summed E-state index contributed by atoms with van der Waals surface area (Å²) in [6.45, 7) is 2.82. The first-order valence-corrected chi connectivity index (χ1v) is 16.4. The number of ether oxygens (including phenoxy) is 1. The Labute approximate surface area is 229 Å². The van der Waals surface area contributed by atoms with Gasteiger partial charge in [0.25, 0.3) is 0 Å². The normalized spacial score (nSPS) is 18.9. The summed E-state index contributed by atoms with van der Waals surface area (Å²) in [7, 11) is -2.84. The van der Waals surface area contributed by atoms with Gasteiger partial charge in [-0.15, -0.1) is 0 Å². The first-order valence-electron chi connectivity index (χ1n) is 13.2. The zero-order valence-corrected chi connectivity index (χ0v) is 24.5. The van der Waals surface area contributed by atoms with Crippen LogP contribution in [0.5, 0.6) is 5.75 Å². The summed E-state index contributed by atoms with van der Waals surface area (Å²) >= 11 is 14.2. The van der Waals surface area contributed by atoms with Crippen molar-refractivity contribution in [3.63, 3.8) is 0 Å². The molecule has 0 spiro atoms. The molecule has 0 atom stereocenters. The fourth-order valence-corrected chi connectivity index (χ4v) is 7.83. The number of thiocarbonyl (C=S) groups is 3. The average molecular weight is 546 g/mol. The van der Waals surface area contributed by atoms with Crippen molar-refractivity contribution in [3.05, 3.63) is 29.8 Å². The van der Waals surface area contributed by atoms with Crippen molar-refractivity contribution in [2.24, 2.45) is 19.9 Å². The van der Waals surface area contributed by atoms with Crippen LogP contribution in [0.15, 0.2) is 38.2 Å². The van der Waals surface area contributed by atoms with Crippen LogP contribution in [-0.4, -0.2) is 30.6 Å². The van der Waals surface area contributed by atoms with Gasteiger partial charge in [-0.2, -0.15) is 0 Å². The van der Waals surface area contributed by atoms with Crippen LogP contribution < -0.4 is 4.74 Å². The molecule has 0 radical (unpaired) electrons. The smallest absolute Gasteiger partial charge is 0.461 e. The highest BCUT2D eigenvalue weighted by Gasteiger charge is 2.34. The third-order valence-electron chi connectivity index (χ3n) is 7.01. The highest BCUT2D eigenvalue weighted by Crippen LogP contribution is 2.38. The van der Waals surface area contributed by atoms with Gasteiger partial charge in [0.05, 0.1) is 22.1 Å². The second-order valence-corrected chi connectivity index (χ2v) is 12.8. The molecule has 1 aromatic rings. The molecule has 0 unspecified atom stereocenters. The van der Waals surface area contributed by atoms with Gasteiger partial charge in [-0.1, -0.05) is 70.4 Å². The molecule has 1 aliphatic carbocycles. The highest BCUT2D eigenvalue weighted by molar-refractivity contribution is 7.78. The third kappa shape index (κ3) is 11.5. The number of hydrogen-bond donors (Lipinski definition) is 0. The summed E-state index contributed by atoms with van der Waals surface area (Å²) in [5, 5.41) is 7.10. The molecule has 4 nitrogen and oxygen atoms in total. The Morgan fingerprint density at radius 1 is 0.800 bits per heavy atom. The molecule has 8 heteroatoms. The van der Waals surface area contributed by atoms with Crippen LogP contribution in [0, 0.1) is 5.92 Å². The Kier molecular flexibility index (Phi) is 15.3. The van der Waals surface area contributed by atoms with E-state index in [9.17, 15) is 0 Å². The third-order valence-corrected chi connectivity index (χ3v) is 10.2. The largest absolute Gasteiger partial charge is 0.494 e. The number of unbranched alkanes of at least 4 members (excludes halogenated alkanes) is 6. The maximum atomic E-state index is 5.94. The number of nitrogens with zero attached hydrogens (tertiary/aromatic N) is 3. The lowest BCUT2D eigenvalue weighted by molar-refractivity contribution is 0.301. The number of benzene rings is 1. The fraction of sp³-hybridized carbons (Fsp3) is 0.667. The van der Waals surface area contributed by atoms with Gasteiger partial charge in [0.1, 0.15) is 5.75 Å². The first-order chi connectivity index (χ1) is 17.2. The molecule has 0 saturated heterocycles. The van der Waals surface area contributed by atoms with Crippen molar-refractivity contribution in [1.29, 1.82) is 0 Å². The summed E-state index contributed by atoms with van der Waals surface area (Å²) in [5.74, 6) is 2.50. The van der Waals surface area contributed by atoms with Crippen LogP contribution in [0.3, 0.4) is 0 Å². The molecule has 1 aliphatic rings. The molecule has 0 N–H and O–H groups in total. The lowest BCUT2D eigenvalue weighted by atomic mass is 9.77. The molecule has 190 valence electrons. The predicted octanol–water partition coefficient (Wildman–Crippen LogP) is 9.12. The van der Waals surface area contributed by atoms with Gasteiger partial charge >= 0.3 is 8.56 Å². The van der Waals surface area contributed by atoms with Gasteiger partial charge in [0, 0.05) is 6.04 Å². The molecular formula is C27H39N3OS3Si. The maximum Gasteiger partial charge on any atom is 0.461 e. The van der Waals surface area contributed by atoms with Crippen molar-refractivity contribution in [2.75, 3.05) is 6.61 Å². The van der Waals surface area contributed by atoms with Gasteiger partial charge in [-0.3, -0.25) is 0 Å². The minimum Gasteiger partial charge on any atom is -0.494 e. The molecule has 1 aromatic carbocycles. The van der Waals surface area contributed by atoms with Crippen molar-refractivity contribution in [3.8, 4) is 5.75 Å². The molecule has 0 bridgehead atoms. The van der Waals surface area contributed by atoms with E-state index >= 15 is 0 Å². The van der Waals surface area contributed by atoms with Crippen LogP contribution in [0.1, 0.15) is 102 Å². The summed E-state index contributed by atoms with van der Waals surface area (Å²) in [4.78, 5) is 0. The van der Waals surface area contributed by atoms with E-state index in [1.165, 1.54) is 82.6 Å². The highest BCUT2D eigenvalue weighted by atomic mass is 32.1. The van der Waals surface area contributed by atoms with Crippen LogP contribution in [0.4, 0.5) is 0 Å². The number of hydrogen-bond acceptors (Lipinski definition) is 7. The Morgan fingerprint density at radius 2 is 1.37 bits per heavy atom. The molecular weight excluding hydrogens is 507 g/mol. The van der Waals surface area contributed by atoms with E-state index in [4.69, 9.17) is 41.4 Å². The Balaban J connectivity index is 1.69. The Hall–Kier alpha value is -1.36.